The highest BCUT2D eigenvalue weighted by atomic mass is 16.5. The third kappa shape index (κ3) is 3.46. The second-order valence-electron chi connectivity index (χ2n) is 5.17. The molecule has 19 heavy (non-hydrogen) atoms. The Morgan fingerprint density at radius 3 is 2.95 bits per heavy atom. The highest BCUT2D eigenvalue weighted by Gasteiger charge is 2.27. The molecular formula is C15H20N2O2. The molecule has 0 bridgehead atoms. The van der Waals surface area contributed by atoms with Gasteiger partial charge >= 0.3 is 0 Å². The van der Waals surface area contributed by atoms with Gasteiger partial charge in [-0.3, -0.25) is 0 Å². The van der Waals surface area contributed by atoms with Gasteiger partial charge in [0.05, 0.1) is 24.9 Å². The topological polar surface area (TPSA) is 54.3 Å². The van der Waals surface area contributed by atoms with Gasteiger partial charge < -0.3 is 14.8 Å². The fraction of sp³-hybridized carbons (Fsp3) is 0.533. The fourth-order valence-electron chi connectivity index (χ4n) is 2.34. The number of hydrogen-bond donors (Lipinski definition) is 1. The molecular weight excluding hydrogens is 240 g/mol. The van der Waals surface area contributed by atoms with E-state index in [1.54, 1.807) is 7.11 Å². The van der Waals surface area contributed by atoms with Gasteiger partial charge in [-0.15, -0.1) is 0 Å². The van der Waals surface area contributed by atoms with Crippen molar-refractivity contribution < 1.29 is 9.47 Å². The highest BCUT2D eigenvalue weighted by Crippen LogP contribution is 2.24. The molecule has 1 aliphatic rings. The predicted molar refractivity (Wildman–Crippen MR) is 73.0 cm³/mol. The van der Waals surface area contributed by atoms with Crippen LogP contribution in [-0.4, -0.2) is 25.8 Å². The summed E-state index contributed by atoms with van der Waals surface area (Å²) in [6.07, 6.45) is 2.21. The van der Waals surface area contributed by atoms with Crippen LogP contribution in [-0.2, 0) is 11.3 Å². The Kier molecular flexibility index (Phi) is 4.41. The number of piperidine rings is 1. The van der Waals surface area contributed by atoms with Crippen molar-refractivity contribution in [3.05, 3.63) is 29.3 Å². The summed E-state index contributed by atoms with van der Waals surface area (Å²) < 4.78 is 11.1. The van der Waals surface area contributed by atoms with E-state index < -0.39 is 0 Å². The molecule has 0 aromatic heterocycles. The van der Waals surface area contributed by atoms with Gasteiger partial charge in [-0.1, -0.05) is 6.07 Å². The Labute approximate surface area is 114 Å². The van der Waals surface area contributed by atoms with Gasteiger partial charge in [-0.05, 0) is 44.0 Å². The van der Waals surface area contributed by atoms with Crippen molar-refractivity contribution >= 4 is 0 Å². The van der Waals surface area contributed by atoms with Crippen LogP contribution in [0.4, 0.5) is 0 Å². The molecule has 1 atom stereocenters. The van der Waals surface area contributed by atoms with Gasteiger partial charge in [-0.2, -0.15) is 5.26 Å². The van der Waals surface area contributed by atoms with Crippen molar-refractivity contribution in [2.45, 2.75) is 32.0 Å². The zero-order valence-electron chi connectivity index (χ0n) is 11.5. The van der Waals surface area contributed by atoms with E-state index in [2.05, 4.69) is 18.3 Å². The Bertz CT molecular complexity index is 474. The van der Waals surface area contributed by atoms with Crippen LogP contribution in [0, 0.1) is 11.3 Å². The average Bonchev–Trinajstić information content (AvgIpc) is 2.45. The Balaban J connectivity index is 2.01. The molecule has 1 unspecified atom stereocenters. The van der Waals surface area contributed by atoms with Crippen molar-refractivity contribution in [3.63, 3.8) is 0 Å². The van der Waals surface area contributed by atoms with Crippen LogP contribution in [0.3, 0.4) is 0 Å². The van der Waals surface area contributed by atoms with Gasteiger partial charge in [0.15, 0.2) is 0 Å². The second kappa shape index (κ2) is 6.05. The maximum atomic E-state index is 9.06. The van der Waals surface area contributed by atoms with E-state index in [-0.39, 0.29) is 5.60 Å². The molecule has 1 aromatic rings. The Morgan fingerprint density at radius 2 is 2.32 bits per heavy atom. The number of hydrogen-bond acceptors (Lipinski definition) is 4. The monoisotopic (exact) mass is 260 g/mol. The van der Waals surface area contributed by atoms with Crippen molar-refractivity contribution in [2.75, 3.05) is 20.2 Å². The molecule has 1 heterocycles. The van der Waals surface area contributed by atoms with Crippen molar-refractivity contribution in [3.8, 4) is 11.8 Å². The summed E-state index contributed by atoms with van der Waals surface area (Å²) in [6, 6.07) is 7.74. The van der Waals surface area contributed by atoms with E-state index in [1.807, 2.05) is 18.2 Å². The number of ether oxygens (including phenoxy) is 2. The predicted octanol–water partition coefficient (Wildman–Crippen LogP) is 2.23. The Hall–Kier alpha value is -1.57. The van der Waals surface area contributed by atoms with Crippen molar-refractivity contribution in [1.29, 1.82) is 5.26 Å². The van der Waals surface area contributed by atoms with E-state index in [1.165, 1.54) is 0 Å². The number of methoxy groups -OCH3 is 1. The first kappa shape index (κ1) is 13.9. The van der Waals surface area contributed by atoms with Gasteiger partial charge in [0, 0.05) is 6.54 Å². The molecule has 0 aliphatic carbocycles. The summed E-state index contributed by atoms with van der Waals surface area (Å²) in [5.41, 5.74) is 1.45. The molecule has 102 valence electrons. The van der Waals surface area contributed by atoms with Crippen LogP contribution < -0.4 is 10.1 Å². The summed E-state index contributed by atoms with van der Waals surface area (Å²) >= 11 is 0. The summed E-state index contributed by atoms with van der Waals surface area (Å²) in [4.78, 5) is 0. The molecule has 0 amide bonds. The van der Waals surface area contributed by atoms with Gasteiger partial charge in [0.25, 0.3) is 0 Å². The first-order valence-corrected chi connectivity index (χ1v) is 6.58. The highest BCUT2D eigenvalue weighted by molar-refractivity contribution is 5.45. The number of nitrogens with zero attached hydrogens (tertiary/aromatic N) is 1. The van der Waals surface area contributed by atoms with Crippen LogP contribution >= 0.6 is 0 Å². The van der Waals surface area contributed by atoms with Gasteiger partial charge in [-0.25, -0.2) is 0 Å². The summed E-state index contributed by atoms with van der Waals surface area (Å²) in [6.45, 7) is 4.61. The smallest absolute Gasteiger partial charge is 0.136 e. The molecule has 2 rings (SSSR count). The number of nitriles is 1. The lowest BCUT2D eigenvalue weighted by molar-refractivity contribution is -0.0571. The van der Waals surface area contributed by atoms with Crippen LogP contribution in [0.25, 0.3) is 0 Å². The van der Waals surface area contributed by atoms with E-state index in [4.69, 9.17) is 14.7 Å². The number of nitrogens with one attached hydrogen (secondary N) is 1. The van der Waals surface area contributed by atoms with Gasteiger partial charge in [0.1, 0.15) is 11.8 Å². The fourth-order valence-corrected chi connectivity index (χ4v) is 2.34. The maximum absolute atomic E-state index is 9.06. The second-order valence-corrected chi connectivity index (χ2v) is 5.17. The zero-order valence-corrected chi connectivity index (χ0v) is 11.5. The van der Waals surface area contributed by atoms with Crippen LogP contribution in [0.1, 0.15) is 30.9 Å². The minimum Gasteiger partial charge on any atom is -0.495 e. The lowest BCUT2D eigenvalue weighted by atomic mass is 9.96. The summed E-state index contributed by atoms with van der Waals surface area (Å²) in [5, 5.41) is 12.4. The number of rotatable bonds is 4. The lowest BCUT2D eigenvalue weighted by Gasteiger charge is -2.34. The molecule has 1 saturated heterocycles. The normalized spacial score (nSPS) is 22.8. The van der Waals surface area contributed by atoms with E-state index in [0.717, 1.165) is 31.5 Å². The van der Waals surface area contributed by atoms with Crippen LogP contribution in [0.5, 0.6) is 5.75 Å². The molecule has 0 spiro atoms. The van der Waals surface area contributed by atoms with Crippen LogP contribution in [0.15, 0.2) is 18.2 Å². The quantitative estimate of drug-likeness (QED) is 0.902. The molecule has 1 N–H and O–H groups in total. The van der Waals surface area contributed by atoms with E-state index in [0.29, 0.717) is 17.9 Å². The zero-order chi connectivity index (χ0) is 13.7. The van der Waals surface area contributed by atoms with Crippen LogP contribution in [0.2, 0.25) is 0 Å². The minimum atomic E-state index is -0.106. The molecule has 1 aliphatic heterocycles. The summed E-state index contributed by atoms with van der Waals surface area (Å²) in [7, 11) is 1.57. The molecule has 1 aromatic carbocycles. The summed E-state index contributed by atoms with van der Waals surface area (Å²) in [5.74, 6) is 0.608. The maximum Gasteiger partial charge on any atom is 0.136 e. The van der Waals surface area contributed by atoms with Crippen molar-refractivity contribution in [1.82, 2.24) is 5.32 Å². The molecule has 4 heteroatoms. The van der Waals surface area contributed by atoms with Crippen molar-refractivity contribution in [2.24, 2.45) is 0 Å². The van der Waals surface area contributed by atoms with E-state index in [9.17, 15) is 0 Å². The molecule has 0 radical (unpaired) electrons. The minimum absolute atomic E-state index is 0.106. The molecule has 0 saturated carbocycles. The first-order valence-electron chi connectivity index (χ1n) is 6.58. The molecule has 1 fully saturated rings. The SMILES string of the molecule is COc1ccc(COC2(C)CCCNC2)cc1C#N. The first-order chi connectivity index (χ1) is 9.17. The standard InChI is InChI=1S/C15H20N2O2/c1-15(6-3-7-17-11-15)19-10-12-4-5-14(18-2)13(8-12)9-16/h4-5,8,17H,3,6-7,10-11H2,1-2H3. The lowest BCUT2D eigenvalue weighted by Crippen LogP contribution is -2.45. The van der Waals surface area contributed by atoms with E-state index >= 15 is 0 Å². The molecule has 4 nitrogen and oxygen atoms in total. The largest absolute Gasteiger partial charge is 0.495 e. The number of benzene rings is 1. The van der Waals surface area contributed by atoms with Gasteiger partial charge in [0.2, 0.25) is 0 Å². The average molecular weight is 260 g/mol. The third-order valence-electron chi connectivity index (χ3n) is 3.53. The Morgan fingerprint density at radius 1 is 1.47 bits per heavy atom. The third-order valence-corrected chi connectivity index (χ3v) is 3.53.